The first kappa shape index (κ1) is 14.4. The summed E-state index contributed by atoms with van der Waals surface area (Å²) in [5.74, 6) is 2.35. The SMILES string of the molecule is CC(O)C1CCN(C(=NCCc2ccco2)NC2CC2)C1. The fourth-order valence-corrected chi connectivity index (χ4v) is 2.75. The molecule has 0 spiro atoms. The lowest BCUT2D eigenvalue weighted by molar-refractivity contribution is 0.132. The topological polar surface area (TPSA) is 61.0 Å². The van der Waals surface area contributed by atoms with Gasteiger partial charge < -0.3 is 19.7 Å². The first-order chi connectivity index (χ1) is 10.2. The summed E-state index contributed by atoms with van der Waals surface area (Å²) >= 11 is 0. The molecule has 2 fully saturated rings. The van der Waals surface area contributed by atoms with Crippen LogP contribution in [0.2, 0.25) is 0 Å². The average Bonchev–Trinajstić information content (AvgIpc) is 2.96. The minimum absolute atomic E-state index is 0.236. The summed E-state index contributed by atoms with van der Waals surface area (Å²) in [5, 5.41) is 13.3. The molecule has 5 heteroatoms. The van der Waals surface area contributed by atoms with Crippen molar-refractivity contribution in [1.82, 2.24) is 10.2 Å². The lowest BCUT2D eigenvalue weighted by atomic mass is 10.0. The summed E-state index contributed by atoms with van der Waals surface area (Å²) in [5.41, 5.74) is 0. The Kier molecular flexibility index (Phi) is 4.48. The highest BCUT2D eigenvalue weighted by Crippen LogP contribution is 2.23. The van der Waals surface area contributed by atoms with Gasteiger partial charge in [-0.1, -0.05) is 0 Å². The summed E-state index contributed by atoms with van der Waals surface area (Å²) in [4.78, 5) is 7.03. The Hall–Kier alpha value is -1.49. The third kappa shape index (κ3) is 4.00. The number of rotatable bonds is 5. The Bertz CT molecular complexity index is 466. The zero-order valence-electron chi connectivity index (χ0n) is 12.7. The lowest BCUT2D eigenvalue weighted by Gasteiger charge is -2.22. The van der Waals surface area contributed by atoms with Crippen LogP contribution in [0.25, 0.3) is 0 Å². The molecule has 0 bridgehead atoms. The second kappa shape index (κ2) is 6.52. The molecule has 3 rings (SSSR count). The van der Waals surface area contributed by atoms with E-state index in [1.165, 1.54) is 12.8 Å². The van der Waals surface area contributed by atoms with Gasteiger partial charge in [0.15, 0.2) is 5.96 Å². The zero-order valence-corrected chi connectivity index (χ0v) is 12.7. The van der Waals surface area contributed by atoms with Crippen molar-refractivity contribution in [2.45, 2.75) is 44.8 Å². The zero-order chi connectivity index (χ0) is 14.7. The maximum absolute atomic E-state index is 9.75. The molecule has 1 aliphatic heterocycles. The molecule has 1 aliphatic carbocycles. The fraction of sp³-hybridized carbons (Fsp3) is 0.688. The van der Waals surface area contributed by atoms with Crippen LogP contribution in [0.4, 0.5) is 0 Å². The molecule has 0 amide bonds. The molecule has 2 atom stereocenters. The van der Waals surface area contributed by atoms with Gasteiger partial charge in [-0.05, 0) is 38.3 Å². The normalized spacial score (nSPS) is 24.4. The van der Waals surface area contributed by atoms with Crippen LogP contribution in [0.1, 0.15) is 31.9 Å². The number of aliphatic hydroxyl groups excluding tert-OH is 1. The van der Waals surface area contributed by atoms with E-state index in [-0.39, 0.29) is 6.10 Å². The first-order valence-corrected chi connectivity index (χ1v) is 7.99. The predicted octanol–water partition coefficient (Wildman–Crippen LogP) is 1.63. The Labute approximate surface area is 126 Å². The van der Waals surface area contributed by atoms with Crippen LogP contribution in [0, 0.1) is 5.92 Å². The van der Waals surface area contributed by atoms with Crippen LogP contribution >= 0.6 is 0 Å². The number of aliphatic imine (C=N–C) groups is 1. The number of guanidine groups is 1. The molecule has 1 aromatic rings. The number of nitrogens with zero attached hydrogens (tertiary/aromatic N) is 2. The van der Waals surface area contributed by atoms with Crippen LogP contribution in [0.3, 0.4) is 0 Å². The highest BCUT2D eigenvalue weighted by molar-refractivity contribution is 5.81. The summed E-state index contributed by atoms with van der Waals surface area (Å²) in [6.45, 7) is 4.50. The van der Waals surface area contributed by atoms with Crippen molar-refractivity contribution in [3.63, 3.8) is 0 Å². The van der Waals surface area contributed by atoms with E-state index < -0.39 is 0 Å². The van der Waals surface area contributed by atoms with Crippen molar-refractivity contribution in [3.05, 3.63) is 24.2 Å². The summed E-state index contributed by atoms with van der Waals surface area (Å²) in [7, 11) is 0. The molecule has 2 aliphatic rings. The molecule has 0 radical (unpaired) electrons. The van der Waals surface area contributed by atoms with Gasteiger partial charge in [0.25, 0.3) is 0 Å². The summed E-state index contributed by atoms with van der Waals surface area (Å²) in [6.07, 6.45) is 5.82. The first-order valence-electron chi connectivity index (χ1n) is 7.99. The van der Waals surface area contributed by atoms with E-state index in [0.717, 1.165) is 44.2 Å². The van der Waals surface area contributed by atoms with E-state index in [2.05, 4.69) is 10.2 Å². The summed E-state index contributed by atoms with van der Waals surface area (Å²) in [6, 6.07) is 4.50. The Morgan fingerprint density at radius 1 is 1.52 bits per heavy atom. The van der Waals surface area contributed by atoms with Crippen molar-refractivity contribution in [3.8, 4) is 0 Å². The number of furan rings is 1. The number of nitrogens with one attached hydrogen (secondary N) is 1. The third-order valence-electron chi connectivity index (χ3n) is 4.32. The van der Waals surface area contributed by atoms with E-state index in [9.17, 15) is 5.11 Å². The number of hydrogen-bond donors (Lipinski definition) is 2. The van der Waals surface area contributed by atoms with Crippen molar-refractivity contribution in [2.24, 2.45) is 10.9 Å². The molecule has 2 heterocycles. The second-order valence-electron chi connectivity index (χ2n) is 6.19. The lowest BCUT2D eigenvalue weighted by Crippen LogP contribution is -2.41. The van der Waals surface area contributed by atoms with Gasteiger partial charge in [-0.15, -0.1) is 0 Å². The molecule has 1 saturated heterocycles. The minimum Gasteiger partial charge on any atom is -0.469 e. The van der Waals surface area contributed by atoms with Crippen LogP contribution in [-0.4, -0.2) is 47.7 Å². The molecule has 1 saturated carbocycles. The Morgan fingerprint density at radius 2 is 2.38 bits per heavy atom. The molecule has 2 N–H and O–H groups in total. The maximum atomic E-state index is 9.75. The van der Waals surface area contributed by atoms with Gasteiger partial charge in [-0.3, -0.25) is 4.99 Å². The van der Waals surface area contributed by atoms with Gasteiger partial charge in [-0.25, -0.2) is 0 Å². The molecular formula is C16H25N3O2. The van der Waals surface area contributed by atoms with E-state index >= 15 is 0 Å². The molecule has 0 aromatic carbocycles. The van der Waals surface area contributed by atoms with Gasteiger partial charge >= 0.3 is 0 Å². The van der Waals surface area contributed by atoms with Crippen molar-refractivity contribution in [2.75, 3.05) is 19.6 Å². The van der Waals surface area contributed by atoms with E-state index in [1.54, 1.807) is 6.26 Å². The van der Waals surface area contributed by atoms with Crippen LogP contribution in [0.5, 0.6) is 0 Å². The van der Waals surface area contributed by atoms with E-state index in [1.807, 2.05) is 19.1 Å². The third-order valence-corrected chi connectivity index (χ3v) is 4.32. The molecule has 5 nitrogen and oxygen atoms in total. The molecule has 21 heavy (non-hydrogen) atoms. The highest BCUT2D eigenvalue weighted by Gasteiger charge is 2.30. The van der Waals surface area contributed by atoms with Gasteiger partial charge in [0.2, 0.25) is 0 Å². The number of hydrogen-bond acceptors (Lipinski definition) is 3. The van der Waals surface area contributed by atoms with Crippen molar-refractivity contribution in [1.29, 1.82) is 0 Å². The van der Waals surface area contributed by atoms with Gasteiger partial charge in [0.05, 0.1) is 12.4 Å². The Balaban J connectivity index is 1.57. The maximum Gasteiger partial charge on any atom is 0.194 e. The van der Waals surface area contributed by atoms with Gasteiger partial charge in [-0.2, -0.15) is 0 Å². The monoisotopic (exact) mass is 291 g/mol. The van der Waals surface area contributed by atoms with E-state index in [4.69, 9.17) is 9.41 Å². The Morgan fingerprint density at radius 3 is 3.00 bits per heavy atom. The second-order valence-corrected chi connectivity index (χ2v) is 6.19. The van der Waals surface area contributed by atoms with Crippen LogP contribution in [0.15, 0.2) is 27.8 Å². The predicted molar refractivity (Wildman–Crippen MR) is 82.2 cm³/mol. The van der Waals surface area contributed by atoms with Crippen molar-refractivity contribution < 1.29 is 9.52 Å². The molecule has 116 valence electrons. The van der Waals surface area contributed by atoms with Gasteiger partial charge in [0, 0.05) is 38.0 Å². The largest absolute Gasteiger partial charge is 0.469 e. The number of likely N-dealkylation sites (tertiary alicyclic amines) is 1. The standard InChI is InChI=1S/C16H25N3O2/c1-12(20)13-7-9-19(11-13)16(18-14-4-5-14)17-8-6-15-3-2-10-21-15/h2-3,10,12-14,20H,4-9,11H2,1H3,(H,17,18). The van der Waals surface area contributed by atoms with Gasteiger partial charge in [0.1, 0.15) is 5.76 Å². The molecule has 1 aromatic heterocycles. The van der Waals surface area contributed by atoms with E-state index in [0.29, 0.717) is 12.0 Å². The van der Waals surface area contributed by atoms with Crippen molar-refractivity contribution >= 4 is 5.96 Å². The quantitative estimate of drug-likeness (QED) is 0.639. The molecular weight excluding hydrogens is 266 g/mol. The van der Waals surface area contributed by atoms with Crippen LogP contribution < -0.4 is 5.32 Å². The minimum atomic E-state index is -0.236. The number of aliphatic hydroxyl groups is 1. The highest BCUT2D eigenvalue weighted by atomic mass is 16.3. The fourth-order valence-electron chi connectivity index (χ4n) is 2.75. The average molecular weight is 291 g/mol. The summed E-state index contributed by atoms with van der Waals surface area (Å²) < 4.78 is 5.35. The van der Waals surface area contributed by atoms with Crippen LogP contribution in [-0.2, 0) is 6.42 Å². The smallest absolute Gasteiger partial charge is 0.194 e. The molecule has 2 unspecified atom stereocenters.